The van der Waals surface area contributed by atoms with Crippen LogP contribution in [0.1, 0.15) is 46.9 Å². The van der Waals surface area contributed by atoms with E-state index in [9.17, 15) is 0 Å². The highest BCUT2D eigenvalue weighted by Crippen LogP contribution is 2.47. The predicted molar refractivity (Wildman–Crippen MR) is 103 cm³/mol. The third kappa shape index (κ3) is 2.93. The van der Waals surface area contributed by atoms with Crippen LogP contribution in [-0.2, 0) is 5.75 Å². The number of rotatable bonds is 2. The summed E-state index contributed by atoms with van der Waals surface area (Å²) in [6, 6.07) is 18.9. The van der Waals surface area contributed by atoms with E-state index in [2.05, 4.69) is 73.1 Å². The zero-order chi connectivity index (χ0) is 15.1. The molecule has 4 rings (SSSR count). The third-order valence-corrected chi connectivity index (χ3v) is 6.00. The van der Waals surface area contributed by atoms with Gasteiger partial charge in [0.2, 0.25) is 0 Å². The van der Waals surface area contributed by atoms with E-state index in [1.165, 1.54) is 30.5 Å². The molecule has 1 aliphatic carbocycles. The molecule has 1 heterocycles. The van der Waals surface area contributed by atoms with Gasteiger partial charge >= 0.3 is 0 Å². The van der Waals surface area contributed by atoms with E-state index in [-0.39, 0.29) is 12.4 Å². The SMILES string of the molecule is CN1CC[C@@H]2c3ccccc3[C@H](c3ccc(CS)cc3)C[C@H]21.Cl. The summed E-state index contributed by atoms with van der Waals surface area (Å²) in [5.41, 5.74) is 5.90. The molecule has 0 bridgehead atoms. The lowest BCUT2D eigenvalue weighted by Crippen LogP contribution is -2.34. The molecule has 122 valence electrons. The first-order chi connectivity index (χ1) is 10.8. The molecule has 1 nitrogen and oxygen atoms in total. The van der Waals surface area contributed by atoms with Crippen LogP contribution >= 0.6 is 25.0 Å². The molecular formula is C20H24ClNS. The summed E-state index contributed by atoms with van der Waals surface area (Å²) in [5.74, 6) is 2.08. The quantitative estimate of drug-likeness (QED) is 0.760. The highest BCUT2D eigenvalue weighted by Gasteiger charge is 2.40. The van der Waals surface area contributed by atoms with Crippen molar-refractivity contribution in [1.29, 1.82) is 0 Å². The summed E-state index contributed by atoms with van der Waals surface area (Å²) < 4.78 is 0. The number of likely N-dealkylation sites (N-methyl/N-ethyl adjacent to an activating group) is 1. The summed E-state index contributed by atoms with van der Waals surface area (Å²) in [6.07, 6.45) is 2.56. The largest absolute Gasteiger partial charge is 0.303 e. The lowest BCUT2D eigenvalue weighted by atomic mass is 9.71. The lowest BCUT2D eigenvalue weighted by molar-refractivity contribution is 0.265. The zero-order valence-electron chi connectivity index (χ0n) is 13.5. The number of hydrogen-bond donors (Lipinski definition) is 1. The van der Waals surface area contributed by atoms with E-state index in [1.54, 1.807) is 11.1 Å². The van der Waals surface area contributed by atoms with E-state index in [0.29, 0.717) is 12.0 Å². The van der Waals surface area contributed by atoms with Gasteiger partial charge in [-0.2, -0.15) is 12.6 Å². The molecule has 0 N–H and O–H groups in total. The van der Waals surface area contributed by atoms with Gasteiger partial charge in [-0.3, -0.25) is 0 Å². The second kappa shape index (κ2) is 6.88. The van der Waals surface area contributed by atoms with E-state index in [1.807, 2.05) is 0 Å². The first-order valence-corrected chi connectivity index (χ1v) is 8.90. The van der Waals surface area contributed by atoms with Gasteiger partial charge in [-0.25, -0.2) is 0 Å². The van der Waals surface area contributed by atoms with Crippen molar-refractivity contribution in [2.75, 3.05) is 13.6 Å². The van der Waals surface area contributed by atoms with Crippen LogP contribution in [0.25, 0.3) is 0 Å². The minimum absolute atomic E-state index is 0. The third-order valence-electron chi connectivity index (χ3n) is 5.64. The predicted octanol–water partition coefficient (Wildman–Crippen LogP) is 4.86. The minimum atomic E-state index is 0. The van der Waals surface area contributed by atoms with E-state index < -0.39 is 0 Å². The second-order valence-electron chi connectivity index (χ2n) is 6.76. The molecule has 2 aromatic carbocycles. The number of halogens is 1. The van der Waals surface area contributed by atoms with Gasteiger partial charge in [0.25, 0.3) is 0 Å². The van der Waals surface area contributed by atoms with Crippen molar-refractivity contribution in [3.63, 3.8) is 0 Å². The normalized spacial score (nSPS) is 26.3. The topological polar surface area (TPSA) is 3.24 Å². The Morgan fingerprint density at radius 3 is 2.43 bits per heavy atom. The van der Waals surface area contributed by atoms with Gasteiger partial charge in [-0.1, -0.05) is 48.5 Å². The number of benzene rings is 2. The molecule has 0 radical (unpaired) electrons. The fourth-order valence-electron chi connectivity index (χ4n) is 4.42. The van der Waals surface area contributed by atoms with Crippen LogP contribution in [0.15, 0.2) is 48.5 Å². The molecule has 2 aromatic rings. The molecule has 1 aliphatic heterocycles. The van der Waals surface area contributed by atoms with Gasteiger partial charge in [0.1, 0.15) is 0 Å². The van der Waals surface area contributed by atoms with Gasteiger partial charge < -0.3 is 4.90 Å². The standard InChI is InChI=1S/C20H23NS.ClH/c1-21-11-10-18-16-4-2-3-5-17(16)19(12-20(18)21)15-8-6-14(13-22)7-9-15;/h2-9,18-20,22H,10-13H2,1H3;1H/t18-,19+,20-;/m1./s1. The molecule has 0 amide bonds. The number of fused-ring (bicyclic) bond motifs is 3. The summed E-state index contributed by atoms with van der Waals surface area (Å²) in [4.78, 5) is 2.57. The van der Waals surface area contributed by atoms with Crippen LogP contribution in [0.3, 0.4) is 0 Å². The van der Waals surface area contributed by atoms with Crippen LogP contribution in [0.2, 0.25) is 0 Å². The number of thiol groups is 1. The van der Waals surface area contributed by atoms with Crippen LogP contribution in [-0.4, -0.2) is 24.5 Å². The van der Waals surface area contributed by atoms with E-state index >= 15 is 0 Å². The van der Waals surface area contributed by atoms with Crippen LogP contribution in [0, 0.1) is 0 Å². The van der Waals surface area contributed by atoms with Crippen molar-refractivity contribution in [1.82, 2.24) is 4.90 Å². The maximum atomic E-state index is 4.37. The van der Waals surface area contributed by atoms with Crippen molar-refractivity contribution in [3.8, 4) is 0 Å². The Bertz CT molecular complexity index is 670. The van der Waals surface area contributed by atoms with Crippen LogP contribution < -0.4 is 0 Å². The lowest BCUT2D eigenvalue weighted by Gasteiger charge is -2.37. The molecule has 0 aromatic heterocycles. The summed E-state index contributed by atoms with van der Waals surface area (Å²) >= 11 is 4.37. The Balaban J connectivity index is 0.00000156. The smallest absolute Gasteiger partial charge is 0.0170 e. The maximum absolute atomic E-state index is 4.37. The Kier molecular flexibility index (Phi) is 5.05. The Morgan fingerprint density at radius 2 is 1.74 bits per heavy atom. The molecule has 0 spiro atoms. The Hall–Kier alpha value is -0.960. The van der Waals surface area contributed by atoms with Crippen molar-refractivity contribution in [2.45, 2.75) is 36.5 Å². The molecule has 3 atom stereocenters. The van der Waals surface area contributed by atoms with E-state index in [0.717, 1.165) is 11.7 Å². The minimum Gasteiger partial charge on any atom is -0.303 e. The van der Waals surface area contributed by atoms with E-state index in [4.69, 9.17) is 0 Å². The first-order valence-electron chi connectivity index (χ1n) is 8.26. The van der Waals surface area contributed by atoms with Crippen molar-refractivity contribution in [3.05, 3.63) is 70.8 Å². The molecule has 23 heavy (non-hydrogen) atoms. The van der Waals surface area contributed by atoms with Gasteiger partial charge in [0.15, 0.2) is 0 Å². The molecule has 1 saturated heterocycles. The highest BCUT2D eigenvalue weighted by molar-refractivity contribution is 7.79. The zero-order valence-corrected chi connectivity index (χ0v) is 15.2. The average Bonchev–Trinajstić information content (AvgIpc) is 2.96. The molecular weight excluding hydrogens is 322 g/mol. The number of likely N-dealkylation sites (tertiary alicyclic amines) is 1. The number of hydrogen-bond acceptors (Lipinski definition) is 2. The molecule has 2 aliphatic rings. The summed E-state index contributed by atoms with van der Waals surface area (Å²) in [5, 5.41) is 0. The molecule has 0 saturated carbocycles. The van der Waals surface area contributed by atoms with Crippen LogP contribution in [0.4, 0.5) is 0 Å². The van der Waals surface area contributed by atoms with Gasteiger partial charge in [-0.15, -0.1) is 12.4 Å². The van der Waals surface area contributed by atoms with Crippen molar-refractivity contribution in [2.24, 2.45) is 0 Å². The fraction of sp³-hybridized carbons (Fsp3) is 0.400. The van der Waals surface area contributed by atoms with Crippen molar-refractivity contribution < 1.29 is 0 Å². The van der Waals surface area contributed by atoms with Gasteiger partial charge in [0.05, 0.1) is 0 Å². The molecule has 0 unspecified atom stereocenters. The average molecular weight is 346 g/mol. The maximum Gasteiger partial charge on any atom is 0.0170 e. The summed E-state index contributed by atoms with van der Waals surface area (Å²) in [6.45, 7) is 1.23. The molecule has 3 heteroatoms. The van der Waals surface area contributed by atoms with Crippen molar-refractivity contribution >= 4 is 25.0 Å². The molecule has 1 fully saturated rings. The van der Waals surface area contributed by atoms with Gasteiger partial charge in [-0.05, 0) is 48.7 Å². The number of nitrogens with zero attached hydrogens (tertiary/aromatic N) is 1. The monoisotopic (exact) mass is 345 g/mol. The highest BCUT2D eigenvalue weighted by atomic mass is 35.5. The second-order valence-corrected chi connectivity index (χ2v) is 7.08. The summed E-state index contributed by atoms with van der Waals surface area (Å²) in [7, 11) is 2.29. The van der Waals surface area contributed by atoms with Crippen LogP contribution in [0.5, 0.6) is 0 Å². The van der Waals surface area contributed by atoms with Gasteiger partial charge in [0, 0.05) is 23.6 Å². The Morgan fingerprint density at radius 1 is 1.04 bits per heavy atom. The Labute approximate surface area is 150 Å². The first kappa shape index (κ1) is 16.9. The fourth-order valence-corrected chi connectivity index (χ4v) is 4.63.